The number of quaternary nitrogens is 1. The lowest BCUT2D eigenvalue weighted by molar-refractivity contribution is -0.890. The molecule has 7 nitrogen and oxygen atoms in total. The summed E-state index contributed by atoms with van der Waals surface area (Å²) >= 11 is 0. The van der Waals surface area contributed by atoms with Crippen LogP contribution in [-0.2, 0) is 17.6 Å². The standard InChI is InChI=1S/C27H37N2O5/c1-29(2,15-11-20-8-9-23(31-3)24(16-20)32-4)14-7-12-28-13-10-21-17-25(33-5)26(34-6)18-22(21)19-27(28)30/h8-10,13,16-18H,7,11-12,14-15,19H2,1-6H3/q+1. The first kappa shape index (κ1) is 25.4. The van der Waals surface area contributed by atoms with Crippen molar-refractivity contribution in [3.63, 3.8) is 0 Å². The molecule has 0 saturated carbocycles. The zero-order valence-electron chi connectivity index (χ0n) is 21.2. The van der Waals surface area contributed by atoms with Crippen molar-refractivity contribution >= 4 is 12.0 Å². The van der Waals surface area contributed by atoms with Gasteiger partial charge in [-0.1, -0.05) is 6.07 Å². The van der Waals surface area contributed by atoms with Gasteiger partial charge in [-0.25, -0.2) is 0 Å². The number of ether oxygens (including phenoxy) is 4. The molecule has 0 aliphatic carbocycles. The second-order valence-electron chi connectivity index (χ2n) is 9.16. The number of nitrogens with zero attached hydrogens (tertiary/aromatic N) is 2. The number of amides is 1. The van der Waals surface area contributed by atoms with Crippen LogP contribution < -0.4 is 18.9 Å². The predicted octanol–water partition coefficient (Wildman–Crippen LogP) is 3.79. The molecule has 0 N–H and O–H groups in total. The van der Waals surface area contributed by atoms with Gasteiger partial charge in [0.05, 0.1) is 62.0 Å². The minimum absolute atomic E-state index is 0.0952. The lowest BCUT2D eigenvalue weighted by Crippen LogP contribution is -2.43. The molecule has 1 amide bonds. The number of likely N-dealkylation sites (N-methyl/N-ethyl adjacent to an activating group) is 1. The highest BCUT2D eigenvalue weighted by atomic mass is 16.5. The maximum Gasteiger partial charge on any atom is 0.230 e. The van der Waals surface area contributed by atoms with Gasteiger partial charge < -0.3 is 28.3 Å². The zero-order valence-corrected chi connectivity index (χ0v) is 21.2. The summed E-state index contributed by atoms with van der Waals surface area (Å²) in [5.74, 6) is 2.91. The van der Waals surface area contributed by atoms with Gasteiger partial charge in [0.2, 0.25) is 5.91 Å². The van der Waals surface area contributed by atoms with Crippen molar-refractivity contribution in [1.82, 2.24) is 4.90 Å². The van der Waals surface area contributed by atoms with E-state index < -0.39 is 0 Å². The quantitative estimate of drug-likeness (QED) is 0.469. The van der Waals surface area contributed by atoms with Crippen LogP contribution in [-0.4, -0.2) is 77.5 Å². The molecule has 1 heterocycles. The number of carbonyl (C=O) groups is 1. The lowest BCUT2D eigenvalue weighted by atomic mass is 10.0. The largest absolute Gasteiger partial charge is 0.493 e. The molecule has 0 atom stereocenters. The van der Waals surface area contributed by atoms with E-state index in [4.69, 9.17) is 18.9 Å². The van der Waals surface area contributed by atoms with Crippen LogP contribution in [0.4, 0.5) is 0 Å². The van der Waals surface area contributed by atoms with Crippen molar-refractivity contribution in [2.24, 2.45) is 0 Å². The third-order valence-electron chi connectivity index (χ3n) is 6.36. The third kappa shape index (κ3) is 6.23. The summed E-state index contributed by atoms with van der Waals surface area (Å²) in [7, 11) is 11.0. The lowest BCUT2D eigenvalue weighted by Gasteiger charge is -2.31. The van der Waals surface area contributed by atoms with Crippen molar-refractivity contribution in [2.45, 2.75) is 19.3 Å². The van der Waals surface area contributed by atoms with Gasteiger partial charge in [-0.2, -0.15) is 0 Å². The summed E-state index contributed by atoms with van der Waals surface area (Å²) in [6, 6.07) is 9.91. The van der Waals surface area contributed by atoms with Gasteiger partial charge in [0, 0.05) is 25.6 Å². The van der Waals surface area contributed by atoms with E-state index in [-0.39, 0.29) is 5.91 Å². The molecular weight excluding hydrogens is 432 g/mol. The Kier molecular flexibility index (Phi) is 8.45. The van der Waals surface area contributed by atoms with Crippen LogP contribution >= 0.6 is 0 Å². The van der Waals surface area contributed by atoms with Gasteiger partial charge in [0.25, 0.3) is 0 Å². The molecule has 0 saturated heterocycles. The summed E-state index contributed by atoms with van der Waals surface area (Å²) in [5, 5.41) is 0. The van der Waals surface area contributed by atoms with Gasteiger partial charge in [-0.15, -0.1) is 0 Å². The zero-order chi connectivity index (χ0) is 24.7. The molecule has 1 aliphatic heterocycles. The Balaban J connectivity index is 1.55. The molecule has 184 valence electrons. The highest BCUT2D eigenvalue weighted by Gasteiger charge is 2.21. The average molecular weight is 470 g/mol. The molecule has 1 aliphatic rings. The molecule has 2 aromatic rings. The highest BCUT2D eigenvalue weighted by Crippen LogP contribution is 2.33. The first-order valence-electron chi connectivity index (χ1n) is 11.6. The fourth-order valence-electron chi connectivity index (χ4n) is 4.21. The Morgan fingerprint density at radius 3 is 2.18 bits per heavy atom. The fourth-order valence-corrected chi connectivity index (χ4v) is 4.21. The minimum atomic E-state index is 0.0952. The smallest absolute Gasteiger partial charge is 0.230 e. The molecule has 2 aromatic carbocycles. The SMILES string of the molecule is COc1ccc(CC[N+](C)(C)CCCN2C=Cc3cc(OC)c(OC)cc3CC2=O)cc1OC. The topological polar surface area (TPSA) is 57.2 Å². The molecule has 0 bridgehead atoms. The summed E-state index contributed by atoms with van der Waals surface area (Å²) in [4.78, 5) is 14.7. The maximum absolute atomic E-state index is 12.9. The van der Waals surface area contributed by atoms with Gasteiger partial charge >= 0.3 is 0 Å². The Morgan fingerprint density at radius 2 is 1.50 bits per heavy atom. The van der Waals surface area contributed by atoms with E-state index in [1.807, 2.05) is 41.4 Å². The van der Waals surface area contributed by atoms with Gasteiger partial charge in [0.1, 0.15) is 0 Å². The van der Waals surface area contributed by atoms with Crippen molar-refractivity contribution < 1.29 is 28.2 Å². The van der Waals surface area contributed by atoms with Crippen LogP contribution in [0.1, 0.15) is 23.1 Å². The van der Waals surface area contributed by atoms with Crippen molar-refractivity contribution in [3.05, 3.63) is 53.2 Å². The Labute approximate surface area is 203 Å². The molecule has 34 heavy (non-hydrogen) atoms. The molecule has 0 radical (unpaired) electrons. The number of benzene rings is 2. The molecule has 7 heteroatoms. The third-order valence-corrected chi connectivity index (χ3v) is 6.36. The van der Waals surface area contributed by atoms with E-state index in [1.54, 1.807) is 28.4 Å². The van der Waals surface area contributed by atoms with Gasteiger partial charge in [-0.3, -0.25) is 4.79 Å². The van der Waals surface area contributed by atoms with Crippen molar-refractivity contribution in [2.75, 3.05) is 62.2 Å². The van der Waals surface area contributed by atoms with E-state index in [0.717, 1.165) is 53.0 Å². The number of rotatable bonds is 11. The Morgan fingerprint density at radius 1 is 0.853 bits per heavy atom. The minimum Gasteiger partial charge on any atom is -0.493 e. The van der Waals surface area contributed by atoms with E-state index in [9.17, 15) is 4.79 Å². The summed E-state index contributed by atoms with van der Waals surface area (Å²) in [5.41, 5.74) is 3.16. The molecule has 0 fully saturated rings. The molecule has 0 aromatic heterocycles. The van der Waals surface area contributed by atoms with Crippen LogP contribution in [0.3, 0.4) is 0 Å². The van der Waals surface area contributed by atoms with E-state index >= 15 is 0 Å². The number of carbonyl (C=O) groups excluding carboxylic acids is 1. The molecule has 0 spiro atoms. The summed E-state index contributed by atoms with van der Waals surface area (Å²) in [6.45, 7) is 2.65. The molecular formula is C27H37N2O5+. The highest BCUT2D eigenvalue weighted by molar-refractivity contribution is 5.84. The predicted molar refractivity (Wildman–Crippen MR) is 134 cm³/mol. The van der Waals surface area contributed by atoms with Crippen molar-refractivity contribution in [1.29, 1.82) is 0 Å². The summed E-state index contributed by atoms with van der Waals surface area (Å²) < 4.78 is 22.4. The monoisotopic (exact) mass is 469 g/mol. The average Bonchev–Trinajstić information content (AvgIpc) is 2.99. The number of hydrogen-bond acceptors (Lipinski definition) is 5. The van der Waals surface area contributed by atoms with Crippen LogP contribution in [0, 0.1) is 0 Å². The van der Waals surface area contributed by atoms with Crippen LogP contribution in [0.5, 0.6) is 23.0 Å². The van der Waals surface area contributed by atoms with E-state index in [1.165, 1.54) is 5.56 Å². The number of hydrogen-bond donors (Lipinski definition) is 0. The first-order chi connectivity index (χ1) is 16.3. The first-order valence-corrected chi connectivity index (χ1v) is 11.6. The second-order valence-corrected chi connectivity index (χ2v) is 9.16. The van der Waals surface area contributed by atoms with Gasteiger partial charge in [0.15, 0.2) is 23.0 Å². The van der Waals surface area contributed by atoms with E-state index in [2.05, 4.69) is 20.2 Å². The molecule has 0 unspecified atom stereocenters. The second kappa shape index (κ2) is 11.3. The molecule has 3 rings (SSSR count). The Hall–Kier alpha value is -3.19. The van der Waals surface area contributed by atoms with Crippen LogP contribution in [0.25, 0.3) is 6.08 Å². The normalized spacial score (nSPS) is 13.4. The van der Waals surface area contributed by atoms with Crippen LogP contribution in [0.15, 0.2) is 36.5 Å². The number of methoxy groups -OCH3 is 4. The Bertz CT molecular complexity index is 1030. The maximum atomic E-state index is 12.9. The van der Waals surface area contributed by atoms with Crippen molar-refractivity contribution in [3.8, 4) is 23.0 Å². The summed E-state index contributed by atoms with van der Waals surface area (Å²) in [6.07, 6.45) is 6.08. The fraction of sp³-hybridized carbons (Fsp3) is 0.444. The van der Waals surface area contributed by atoms with E-state index in [0.29, 0.717) is 24.5 Å². The number of fused-ring (bicyclic) bond motifs is 1. The van der Waals surface area contributed by atoms with Crippen LogP contribution in [0.2, 0.25) is 0 Å². The van der Waals surface area contributed by atoms with Gasteiger partial charge in [-0.05, 0) is 47.0 Å².